The highest BCUT2D eigenvalue weighted by molar-refractivity contribution is 6.19. The molecule has 2 aliphatic heterocycles. The molecular weight excluding hydrogens is 368 g/mol. The number of esters is 2. The molecule has 0 atom stereocenters. The Hall–Kier alpha value is -2.94. The number of ether oxygens (including phenoxy) is 3. The maximum atomic E-state index is 12.4. The van der Waals surface area contributed by atoms with Gasteiger partial charge in [0, 0.05) is 32.0 Å². The van der Waals surface area contributed by atoms with E-state index < -0.39 is 22.6 Å². The molecule has 2 heterocycles. The van der Waals surface area contributed by atoms with E-state index >= 15 is 0 Å². The number of morpholine rings is 1. The minimum atomic E-state index is -1.14. The number of benzene rings is 1. The van der Waals surface area contributed by atoms with Crippen LogP contribution in [0.25, 0.3) is 6.08 Å². The van der Waals surface area contributed by atoms with E-state index in [1.54, 1.807) is 12.1 Å². The van der Waals surface area contributed by atoms with Crippen LogP contribution in [-0.4, -0.2) is 49.0 Å². The third-order valence-electron chi connectivity index (χ3n) is 5.22. The van der Waals surface area contributed by atoms with Gasteiger partial charge in [0.25, 0.3) is 11.5 Å². The average molecular weight is 388 g/mol. The maximum absolute atomic E-state index is 12.4. The second-order valence-electron chi connectivity index (χ2n) is 7.06. The lowest BCUT2D eigenvalue weighted by Crippen LogP contribution is -2.44. The van der Waals surface area contributed by atoms with Gasteiger partial charge in [-0.05, 0) is 30.5 Å². The predicted molar refractivity (Wildman–Crippen MR) is 97.5 cm³/mol. The molecule has 148 valence electrons. The minimum absolute atomic E-state index is 0.0962. The highest BCUT2D eigenvalue weighted by Gasteiger charge is 2.47. The number of carbonyl (C=O) groups is 2. The lowest BCUT2D eigenvalue weighted by atomic mass is 10.1. The van der Waals surface area contributed by atoms with Gasteiger partial charge in [0.2, 0.25) is 0 Å². The van der Waals surface area contributed by atoms with Gasteiger partial charge >= 0.3 is 11.9 Å². The van der Waals surface area contributed by atoms with Crippen LogP contribution in [0.2, 0.25) is 0 Å². The molecule has 1 aliphatic carbocycles. The summed E-state index contributed by atoms with van der Waals surface area (Å²) in [5, 5.41) is 11.6. The molecule has 0 radical (unpaired) electrons. The molecule has 0 amide bonds. The molecule has 3 fully saturated rings. The first-order chi connectivity index (χ1) is 13.5. The summed E-state index contributed by atoms with van der Waals surface area (Å²) in [6.45, 7) is 2.12. The Morgan fingerprint density at radius 3 is 2.32 bits per heavy atom. The third-order valence-corrected chi connectivity index (χ3v) is 5.22. The number of nitrogens with zero attached hydrogens (tertiary/aromatic N) is 2. The normalized spacial score (nSPS) is 21.4. The highest BCUT2D eigenvalue weighted by atomic mass is 16.7. The van der Waals surface area contributed by atoms with Crippen LogP contribution in [0.3, 0.4) is 0 Å². The van der Waals surface area contributed by atoms with E-state index in [9.17, 15) is 19.7 Å². The lowest BCUT2D eigenvalue weighted by molar-refractivity contribution is -0.384. The van der Waals surface area contributed by atoms with Crippen molar-refractivity contribution < 1.29 is 28.7 Å². The molecule has 0 unspecified atom stereocenters. The van der Waals surface area contributed by atoms with Gasteiger partial charge in [-0.25, -0.2) is 9.59 Å². The van der Waals surface area contributed by atoms with Crippen LogP contribution >= 0.6 is 0 Å². The quantitative estimate of drug-likeness (QED) is 0.255. The zero-order chi connectivity index (χ0) is 19.7. The van der Waals surface area contributed by atoms with Crippen LogP contribution in [-0.2, 0) is 23.8 Å². The molecule has 1 saturated carbocycles. The van der Waals surface area contributed by atoms with Gasteiger partial charge in [0.1, 0.15) is 11.3 Å². The van der Waals surface area contributed by atoms with Crippen molar-refractivity contribution in [3.8, 4) is 0 Å². The molecule has 1 aromatic rings. The zero-order valence-electron chi connectivity index (χ0n) is 15.2. The molecule has 3 aliphatic rings. The Balaban J connectivity index is 1.62. The number of rotatable bonds is 3. The van der Waals surface area contributed by atoms with Crippen LogP contribution < -0.4 is 4.90 Å². The number of hydrogen-bond acceptors (Lipinski definition) is 8. The maximum Gasteiger partial charge on any atom is 0.348 e. The smallest absolute Gasteiger partial charge is 0.348 e. The monoisotopic (exact) mass is 388 g/mol. The average Bonchev–Trinajstić information content (AvgIpc) is 3.12. The molecule has 4 rings (SSSR count). The topological polar surface area (TPSA) is 108 Å². The van der Waals surface area contributed by atoms with Gasteiger partial charge in [-0.15, -0.1) is 0 Å². The Bertz CT molecular complexity index is 830. The van der Waals surface area contributed by atoms with Gasteiger partial charge in [-0.3, -0.25) is 10.1 Å². The first-order valence-corrected chi connectivity index (χ1v) is 9.27. The van der Waals surface area contributed by atoms with Crippen molar-refractivity contribution in [3.63, 3.8) is 0 Å². The van der Waals surface area contributed by atoms with Crippen LogP contribution in [0.5, 0.6) is 0 Å². The largest absolute Gasteiger partial charge is 0.419 e. The standard InChI is InChI=1S/C19H20N2O7/c22-17-14(18(23)28-19(27-17)5-1-2-6-19)11-13-3-4-15(16(12-13)21(24)25)20-7-9-26-10-8-20/h3-4,11-12H,1-2,5-10H2. The fraction of sp³-hybridized carbons (Fsp3) is 0.474. The third kappa shape index (κ3) is 3.45. The number of nitro groups is 1. The van der Waals surface area contributed by atoms with E-state index in [2.05, 4.69) is 0 Å². The van der Waals surface area contributed by atoms with Crippen molar-refractivity contribution in [2.24, 2.45) is 0 Å². The molecule has 2 saturated heterocycles. The number of hydrogen-bond donors (Lipinski definition) is 0. The van der Waals surface area contributed by atoms with Crippen molar-refractivity contribution in [2.45, 2.75) is 31.5 Å². The van der Waals surface area contributed by atoms with Crippen LogP contribution in [0.15, 0.2) is 23.8 Å². The first-order valence-electron chi connectivity index (χ1n) is 9.27. The molecule has 9 nitrogen and oxygen atoms in total. The second kappa shape index (κ2) is 7.23. The summed E-state index contributed by atoms with van der Waals surface area (Å²) in [6.07, 6.45) is 3.93. The molecule has 0 bridgehead atoms. The van der Waals surface area contributed by atoms with Crippen LogP contribution in [0, 0.1) is 10.1 Å². The van der Waals surface area contributed by atoms with E-state index in [0.717, 1.165) is 12.8 Å². The molecule has 0 aromatic heterocycles. The molecular formula is C19H20N2O7. The zero-order valence-corrected chi connectivity index (χ0v) is 15.2. The molecule has 9 heteroatoms. The first kappa shape index (κ1) is 18.4. The van der Waals surface area contributed by atoms with E-state index in [1.165, 1.54) is 12.1 Å². The molecule has 1 spiro atoms. The summed E-state index contributed by atoms with van der Waals surface area (Å²) in [5.41, 5.74) is 0.483. The fourth-order valence-corrected chi connectivity index (χ4v) is 3.80. The van der Waals surface area contributed by atoms with E-state index in [1.807, 2.05) is 4.90 Å². The Labute approximate surface area is 161 Å². The van der Waals surface area contributed by atoms with Gasteiger partial charge in [0.05, 0.1) is 18.1 Å². The van der Waals surface area contributed by atoms with Gasteiger partial charge < -0.3 is 19.1 Å². The van der Waals surface area contributed by atoms with Crippen LogP contribution in [0.4, 0.5) is 11.4 Å². The Kier molecular flexibility index (Phi) is 4.76. The predicted octanol–water partition coefficient (Wildman–Crippen LogP) is 2.19. The fourth-order valence-electron chi connectivity index (χ4n) is 3.80. The summed E-state index contributed by atoms with van der Waals surface area (Å²) in [7, 11) is 0. The van der Waals surface area contributed by atoms with Gasteiger partial charge in [-0.1, -0.05) is 6.07 Å². The van der Waals surface area contributed by atoms with Gasteiger partial charge in [-0.2, -0.15) is 0 Å². The molecule has 28 heavy (non-hydrogen) atoms. The van der Waals surface area contributed by atoms with Crippen molar-refractivity contribution >= 4 is 29.4 Å². The lowest BCUT2D eigenvalue weighted by Gasteiger charge is -2.32. The van der Waals surface area contributed by atoms with Crippen molar-refractivity contribution in [1.82, 2.24) is 0 Å². The Morgan fingerprint density at radius 2 is 1.71 bits per heavy atom. The van der Waals surface area contributed by atoms with E-state index in [-0.39, 0.29) is 11.3 Å². The summed E-state index contributed by atoms with van der Waals surface area (Å²) in [4.78, 5) is 37.7. The van der Waals surface area contributed by atoms with Crippen LogP contribution in [0.1, 0.15) is 31.2 Å². The highest BCUT2D eigenvalue weighted by Crippen LogP contribution is 2.39. The van der Waals surface area contributed by atoms with E-state index in [4.69, 9.17) is 14.2 Å². The minimum Gasteiger partial charge on any atom is -0.419 e. The van der Waals surface area contributed by atoms with Gasteiger partial charge in [0.15, 0.2) is 0 Å². The number of anilines is 1. The molecule has 0 N–H and O–H groups in total. The number of nitro benzene ring substituents is 1. The van der Waals surface area contributed by atoms with Crippen molar-refractivity contribution in [2.75, 3.05) is 31.2 Å². The summed E-state index contributed by atoms with van der Waals surface area (Å²) in [5.74, 6) is -2.64. The Morgan fingerprint density at radius 1 is 1.07 bits per heavy atom. The van der Waals surface area contributed by atoms with E-state index in [0.29, 0.717) is 50.4 Å². The summed E-state index contributed by atoms with van der Waals surface area (Å²) in [6, 6.07) is 4.59. The number of carbonyl (C=O) groups excluding carboxylic acids is 2. The van der Waals surface area contributed by atoms with Crippen molar-refractivity contribution in [1.29, 1.82) is 0 Å². The summed E-state index contributed by atoms with van der Waals surface area (Å²) < 4.78 is 16.0. The summed E-state index contributed by atoms with van der Waals surface area (Å²) >= 11 is 0. The second-order valence-corrected chi connectivity index (χ2v) is 7.06. The van der Waals surface area contributed by atoms with Crippen molar-refractivity contribution in [3.05, 3.63) is 39.4 Å². The SMILES string of the molecule is O=C1OC2(CCCC2)OC(=O)C1=Cc1ccc(N2CCOCC2)c([N+](=O)[O-])c1. The molecule has 1 aromatic carbocycles.